The highest BCUT2D eigenvalue weighted by atomic mass is 35.5. The Labute approximate surface area is 145 Å². The fraction of sp³-hybridized carbons (Fsp3) is 0.211. The van der Waals surface area contributed by atoms with Crippen molar-refractivity contribution in [3.8, 4) is 0 Å². The summed E-state index contributed by atoms with van der Waals surface area (Å²) < 4.78 is 1.82. The molecule has 0 radical (unpaired) electrons. The fourth-order valence-electron chi connectivity index (χ4n) is 2.81. The topological polar surface area (TPSA) is 54.3 Å². The van der Waals surface area contributed by atoms with Crippen molar-refractivity contribution in [3.05, 3.63) is 70.4 Å². The van der Waals surface area contributed by atoms with Gasteiger partial charge in [-0.25, -0.2) is 0 Å². The molecule has 4 nitrogen and oxygen atoms in total. The molecule has 5 heteroatoms. The highest BCUT2D eigenvalue weighted by Gasteiger charge is 2.19. The minimum atomic E-state index is -0.175. The first kappa shape index (κ1) is 16.6. The van der Waals surface area contributed by atoms with Gasteiger partial charge < -0.3 is 15.0 Å². The smallest absolute Gasteiger partial charge is 0.269 e. The van der Waals surface area contributed by atoms with Gasteiger partial charge in [0.15, 0.2) is 0 Å². The number of halogens is 1. The van der Waals surface area contributed by atoms with Crippen LogP contribution in [0.15, 0.2) is 48.5 Å². The highest BCUT2D eigenvalue weighted by molar-refractivity contribution is 6.38. The van der Waals surface area contributed by atoms with Crippen molar-refractivity contribution in [1.29, 1.82) is 0 Å². The molecule has 1 heterocycles. The van der Waals surface area contributed by atoms with Crippen LogP contribution in [0.2, 0.25) is 5.02 Å². The second kappa shape index (κ2) is 7.07. The van der Waals surface area contributed by atoms with Crippen LogP contribution in [0.5, 0.6) is 0 Å². The minimum Gasteiger partial charge on any atom is -0.392 e. The van der Waals surface area contributed by atoms with E-state index in [0.717, 1.165) is 28.5 Å². The monoisotopic (exact) mass is 342 g/mol. The zero-order valence-electron chi connectivity index (χ0n) is 13.4. The molecule has 1 amide bonds. The molecule has 0 saturated carbocycles. The van der Waals surface area contributed by atoms with Crippen molar-refractivity contribution >= 4 is 28.4 Å². The zero-order chi connectivity index (χ0) is 17.1. The predicted molar refractivity (Wildman–Crippen MR) is 96.3 cm³/mol. The molecule has 0 fully saturated rings. The summed E-state index contributed by atoms with van der Waals surface area (Å²) in [4.78, 5) is 12.5. The number of hydrogen-bond acceptors (Lipinski definition) is 2. The number of nitrogens with zero attached hydrogens (tertiary/aromatic N) is 1. The molecule has 1 aromatic heterocycles. The van der Waals surface area contributed by atoms with Gasteiger partial charge in [0.25, 0.3) is 5.91 Å². The Balaban J connectivity index is 1.69. The van der Waals surface area contributed by atoms with E-state index in [1.165, 1.54) is 0 Å². The summed E-state index contributed by atoms with van der Waals surface area (Å²) in [6.07, 6.45) is 0.721. The van der Waals surface area contributed by atoms with E-state index >= 15 is 0 Å². The molecule has 0 aliphatic heterocycles. The number of nitrogens with one attached hydrogen (secondary N) is 1. The second-order valence-electron chi connectivity index (χ2n) is 5.72. The highest BCUT2D eigenvalue weighted by Crippen LogP contribution is 2.29. The van der Waals surface area contributed by atoms with Crippen LogP contribution in [0.4, 0.5) is 0 Å². The van der Waals surface area contributed by atoms with Gasteiger partial charge in [0.2, 0.25) is 0 Å². The van der Waals surface area contributed by atoms with E-state index in [1.54, 1.807) is 0 Å². The Bertz CT molecular complexity index is 830. The molecule has 24 heavy (non-hydrogen) atoms. The molecule has 0 saturated heterocycles. The number of aliphatic hydroxyl groups excluding tert-OH is 1. The number of carbonyl (C=O) groups excluding carboxylic acids is 1. The number of hydrogen-bond donors (Lipinski definition) is 2. The van der Waals surface area contributed by atoms with Gasteiger partial charge in [-0.3, -0.25) is 4.79 Å². The maximum absolute atomic E-state index is 12.5. The van der Waals surface area contributed by atoms with E-state index < -0.39 is 0 Å². The van der Waals surface area contributed by atoms with E-state index in [1.807, 2.05) is 60.1 Å². The molecule has 0 aliphatic rings. The quantitative estimate of drug-likeness (QED) is 0.747. The molecular formula is C19H19ClN2O2. The molecule has 0 spiro atoms. The number of rotatable bonds is 5. The molecule has 2 aromatic carbocycles. The van der Waals surface area contributed by atoms with Gasteiger partial charge in [0, 0.05) is 24.5 Å². The van der Waals surface area contributed by atoms with Crippen molar-refractivity contribution in [1.82, 2.24) is 9.88 Å². The average Bonchev–Trinajstić information content (AvgIpc) is 2.87. The largest absolute Gasteiger partial charge is 0.392 e. The lowest BCUT2D eigenvalue weighted by molar-refractivity contribution is 0.0946. The van der Waals surface area contributed by atoms with Crippen LogP contribution in [-0.2, 0) is 20.1 Å². The first-order valence-electron chi connectivity index (χ1n) is 7.81. The summed E-state index contributed by atoms with van der Waals surface area (Å²) in [5.74, 6) is -0.175. The first-order valence-corrected chi connectivity index (χ1v) is 8.19. The third-order valence-corrected chi connectivity index (χ3v) is 4.55. The van der Waals surface area contributed by atoms with Crippen LogP contribution in [0.3, 0.4) is 0 Å². The van der Waals surface area contributed by atoms with Gasteiger partial charge in [-0.05, 0) is 23.6 Å². The molecule has 0 bridgehead atoms. The minimum absolute atomic E-state index is 0.0383. The third-order valence-electron chi connectivity index (χ3n) is 4.17. The summed E-state index contributed by atoms with van der Waals surface area (Å²) in [5, 5.41) is 13.3. The van der Waals surface area contributed by atoms with Gasteiger partial charge >= 0.3 is 0 Å². The molecule has 0 unspecified atom stereocenters. The van der Waals surface area contributed by atoms with Crippen molar-refractivity contribution < 1.29 is 9.90 Å². The summed E-state index contributed by atoms with van der Waals surface area (Å²) in [5.41, 5.74) is 3.40. The zero-order valence-corrected chi connectivity index (χ0v) is 14.2. The fourth-order valence-corrected chi connectivity index (χ4v) is 3.19. The van der Waals surface area contributed by atoms with Crippen molar-refractivity contribution in [2.75, 3.05) is 6.54 Å². The summed E-state index contributed by atoms with van der Waals surface area (Å²) >= 11 is 6.38. The van der Waals surface area contributed by atoms with E-state index in [-0.39, 0.29) is 12.5 Å². The summed E-state index contributed by atoms with van der Waals surface area (Å²) in [6.45, 7) is 0.561. The lowest BCUT2D eigenvalue weighted by atomic mass is 10.1. The number of para-hydroxylation sites is 1. The Morgan fingerprint density at radius 1 is 1.12 bits per heavy atom. The van der Waals surface area contributed by atoms with Crippen LogP contribution in [-0.4, -0.2) is 22.1 Å². The Morgan fingerprint density at radius 3 is 2.46 bits per heavy atom. The van der Waals surface area contributed by atoms with E-state index in [9.17, 15) is 4.79 Å². The van der Waals surface area contributed by atoms with Gasteiger partial charge in [-0.15, -0.1) is 0 Å². The number of benzene rings is 2. The van der Waals surface area contributed by atoms with Crippen LogP contribution < -0.4 is 5.32 Å². The SMILES string of the molecule is Cn1c(C(=O)NCCc2ccc(CO)cc2)c(Cl)c2ccccc21. The van der Waals surface area contributed by atoms with Crippen LogP contribution in [0.25, 0.3) is 10.9 Å². The average molecular weight is 343 g/mol. The number of carbonyl (C=O) groups is 1. The predicted octanol–water partition coefficient (Wildman–Crippen LogP) is 3.30. The summed E-state index contributed by atoms with van der Waals surface area (Å²) in [7, 11) is 1.84. The molecule has 0 atom stereocenters. The Hall–Kier alpha value is -2.30. The molecular weight excluding hydrogens is 324 g/mol. The number of amides is 1. The first-order chi connectivity index (χ1) is 11.6. The van der Waals surface area contributed by atoms with Crippen molar-refractivity contribution in [2.24, 2.45) is 7.05 Å². The van der Waals surface area contributed by atoms with E-state index in [4.69, 9.17) is 16.7 Å². The Kier molecular flexibility index (Phi) is 4.88. The van der Waals surface area contributed by atoms with Gasteiger partial charge in [-0.1, -0.05) is 54.1 Å². The molecule has 0 aliphatic carbocycles. The normalized spacial score (nSPS) is 11.0. The van der Waals surface area contributed by atoms with Gasteiger partial charge in [0.1, 0.15) is 5.69 Å². The summed E-state index contributed by atoms with van der Waals surface area (Å²) in [6, 6.07) is 15.4. The molecule has 2 N–H and O–H groups in total. The lowest BCUT2D eigenvalue weighted by Gasteiger charge is -2.08. The Morgan fingerprint density at radius 2 is 1.79 bits per heavy atom. The van der Waals surface area contributed by atoms with E-state index in [0.29, 0.717) is 17.3 Å². The van der Waals surface area contributed by atoms with Crippen molar-refractivity contribution in [3.63, 3.8) is 0 Å². The maximum atomic E-state index is 12.5. The second-order valence-corrected chi connectivity index (χ2v) is 6.10. The third kappa shape index (κ3) is 3.16. The number of aliphatic hydroxyl groups is 1. The maximum Gasteiger partial charge on any atom is 0.269 e. The molecule has 3 rings (SSSR count). The van der Waals surface area contributed by atoms with E-state index in [2.05, 4.69) is 5.32 Å². The van der Waals surface area contributed by atoms with Crippen LogP contribution in [0.1, 0.15) is 21.6 Å². The lowest BCUT2D eigenvalue weighted by Crippen LogP contribution is -2.27. The van der Waals surface area contributed by atoms with Gasteiger partial charge in [-0.2, -0.15) is 0 Å². The van der Waals surface area contributed by atoms with Crippen LogP contribution >= 0.6 is 11.6 Å². The number of fused-ring (bicyclic) bond motifs is 1. The van der Waals surface area contributed by atoms with Crippen LogP contribution in [0, 0.1) is 0 Å². The number of aryl methyl sites for hydroxylation is 1. The van der Waals surface area contributed by atoms with Crippen molar-refractivity contribution in [2.45, 2.75) is 13.0 Å². The molecule has 3 aromatic rings. The molecule has 124 valence electrons. The van der Waals surface area contributed by atoms with Gasteiger partial charge in [0.05, 0.1) is 11.6 Å². The standard InChI is InChI=1S/C19H19ClN2O2/c1-22-16-5-3-2-4-15(16)17(20)18(22)19(24)21-11-10-13-6-8-14(12-23)9-7-13/h2-9,23H,10-12H2,1H3,(H,21,24). The number of aromatic nitrogens is 1.